The summed E-state index contributed by atoms with van der Waals surface area (Å²) in [6, 6.07) is 12.1. The predicted molar refractivity (Wildman–Crippen MR) is 100 cm³/mol. The summed E-state index contributed by atoms with van der Waals surface area (Å²) in [5, 5.41) is 2.69. The molecule has 0 atom stereocenters. The number of rotatable bonds is 8. The molecular weight excluding hydrogens is 354 g/mol. The monoisotopic (exact) mass is 377 g/mol. The van der Waals surface area contributed by atoms with E-state index < -0.39 is 15.9 Å². The van der Waals surface area contributed by atoms with Crippen LogP contribution in [0, 0.1) is 0 Å². The van der Waals surface area contributed by atoms with Crippen LogP contribution in [0.1, 0.15) is 19.5 Å². The lowest BCUT2D eigenvalue weighted by Crippen LogP contribution is -2.37. The molecule has 1 heterocycles. The summed E-state index contributed by atoms with van der Waals surface area (Å²) in [6.07, 6.45) is 2.71. The number of nitrogens with one attached hydrogen (secondary N) is 1. The number of benzene rings is 1. The van der Waals surface area contributed by atoms with Crippen LogP contribution in [0.25, 0.3) is 0 Å². The topological polar surface area (TPSA) is 88.6 Å². The van der Waals surface area contributed by atoms with Gasteiger partial charge in [-0.1, -0.05) is 6.07 Å². The van der Waals surface area contributed by atoms with E-state index in [9.17, 15) is 13.2 Å². The SMILES string of the molecule is CC(C)Oc1ccc(NC(=O)CN(Cc2ccccn2)S(C)(=O)=O)cc1. The average Bonchev–Trinajstić information content (AvgIpc) is 2.56. The van der Waals surface area contributed by atoms with Crippen molar-refractivity contribution in [2.75, 3.05) is 18.1 Å². The van der Waals surface area contributed by atoms with E-state index in [0.29, 0.717) is 17.1 Å². The molecule has 0 radical (unpaired) electrons. The summed E-state index contributed by atoms with van der Waals surface area (Å²) in [7, 11) is -3.56. The Hall–Kier alpha value is -2.45. The van der Waals surface area contributed by atoms with Gasteiger partial charge >= 0.3 is 0 Å². The number of pyridine rings is 1. The highest BCUT2D eigenvalue weighted by Gasteiger charge is 2.21. The molecule has 0 spiro atoms. The molecule has 0 saturated carbocycles. The van der Waals surface area contributed by atoms with E-state index >= 15 is 0 Å². The molecule has 1 amide bonds. The van der Waals surface area contributed by atoms with Crippen LogP contribution in [-0.4, -0.2) is 42.5 Å². The highest BCUT2D eigenvalue weighted by Crippen LogP contribution is 2.17. The summed E-state index contributed by atoms with van der Waals surface area (Å²) in [5.74, 6) is 0.273. The number of ether oxygens (including phenoxy) is 1. The number of nitrogens with zero attached hydrogens (tertiary/aromatic N) is 2. The number of hydrogen-bond donors (Lipinski definition) is 1. The Morgan fingerprint density at radius 1 is 1.19 bits per heavy atom. The lowest BCUT2D eigenvalue weighted by Gasteiger charge is -2.19. The molecule has 8 heteroatoms. The third-order valence-electron chi connectivity index (χ3n) is 3.36. The second kappa shape index (κ2) is 8.77. The minimum absolute atomic E-state index is 0.0360. The first-order valence-electron chi connectivity index (χ1n) is 8.15. The van der Waals surface area contributed by atoms with Crippen molar-refractivity contribution in [3.05, 3.63) is 54.4 Å². The number of carbonyl (C=O) groups excluding carboxylic acids is 1. The van der Waals surface area contributed by atoms with Crippen molar-refractivity contribution in [1.82, 2.24) is 9.29 Å². The van der Waals surface area contributed by atoms with Gasteiger partial charge in [0.15, 0.2) is 0 Å². The number of sulfonamides is 1. The molecule has 0 aliphatic rings. The molecule has 7 nitrogen and oxygen atoms in total. The van der Waals surface area contributed by atoms with Crippen LogP contribution in [-0.2, 0) is 21.4 Å². The zero-order chi connectivity index (χ0) is 19.2. The minimum Gasteiger partial charge on any atom is -0.491 e. The lowest BCUT2D eigenvalue weighted by molar-refractivity contribution is -0.116. The van der Waals surface area contributed by atoms with E-state index in [1.165, 1.54) is 0 Å². The number of amides is 1. The normalized spacial score (nSPS) is 11.6. The maximum absolute atomic E-state index is 12.3. The molecule has 0 aliphatic carbocycles. The van der Waals surface area contributed by atoms with Crippen molar-refractivity contribution in [1.29, 1.82) is 0 Å². The quantitative estimate of drug-likeness (QED) is 0.762. The Morgan fingerprint density at radius 2 is 1.88 bits per heavy atom. The van der Waals surface area contributed by atoms with E-state index in [1.807, 2.05) is 13.8 Å². The van der Waals surface area contributed by atoms with E-state index in [2.05, 4.69) is 10.3 Å². The first-order valence-corrected chi connectivity index (χ1v) is 10.0. The second-order valence-electron chi connectivity index (χ2n) is 6.09. The third-order valence-corrected chi connectivity index (χ3v) is 4.56. The number of aromatic nitrogens is 1. The van der Waals surface area contributed by atoms with Crippen LogP contribution in [0.5, 0.6) is 5.75 Å². The summed E-state index contributed by atoms with van der Waals surface area (Å²) in [4.78, 5) is 16.4. The van der Waals surface area contributed by atoms with Crippen molar-refractivity contribution in [3.8, 4) is 5.75 Å². The number of hydrogen-bond acceptors (Lipinski definition) is 5. The van der Waals surface area contributed by atoms with Gasteiger partial charge in [-0.25, -0.2) is 8.42 Å². The smallest absolute Gasteiger partial charge is 0.239 e. The van der Waals surface area contributed by atoms with E-state index in [0.717, 1.165) is 10.6 Å². The lowest BCUT2D eigenvalue weighted by atomic mass is 10.3. The molecule has 1 aromatic carbocycles. The van der Waals surface area contributed by atoms with Crippen LogP contribution in [0.3, 0.4) is 0 Å². The van der Waals surface area contributed by atoms with Crippen LogP contribution < -0.4 is 10.1 Å². The Bertz CT molecular complexity index is 821. The molecule has 2 aromatic rings. The van der Waals surface area contributed by atoms with Gasteiger partial charge in [0.2, 0.25) is 15.9 Å². The number of anilines is 1. The summed E-state index contributed by atoms with van der Waals surface area (Å²) in [6.45, 7) is 3.60. The maximum atomic E-state index is 12.3. The third kappa shape index (κ3) is 6.45. The fourth-order valence-electron chi connectivity index (χ4n) is 2.21. The Kier molecular flexibility index (Phi) is 6.70. The Balaban J connectivity index is 2.01. The first kappa shape index (κ1) is 19.9. The highest BCUT2D eigenvalue weighted by atomic mass is 32.2. The van der Waals surface area contributed by atoms with Crippen molar-refractivity contribution in [2.45, 2.75) is 26.5 Å². The maximum Gasteiger partial charge on any atom is 0.239 e. The second-order valence-corrected chi connectivity index (χ2v) is 8.07. The summed E-state index contributed by atoms with van der Waals surface area (Å²) >= 11 is 0. The Morgan fingerprint density at radius 3 is 2.42 bits per heavy atom. The molecular formula is C18H23N3O4S. The molecule has 0 bridgehead atoms. The minimum atomic E-state index is -3.56. The first-order chi connectivity index (χ1) is 12.2. The molecule has 0 aliphatic heterocycles. The summed E-state index contributed by atoms with van der Waals surface area (Å²) < 4.78 is 30.6. The van der Waals surface area contributed by atoms with Gasteiger partial charge in [0.05, 0.1) is 31.1 Å². The van der Waals surface area contributed by atoms with Gasteiger partial charge in [0.25, 0.3) is 0 Å². The zero-order valence-corrected chi connectivity index (χ0v) is 15.9. The van der Waals surface area contributed by atoms with Gasteiger partial charge in [-0.3, -0.25) is 9.78 Å². The number of carbonyl (C=O) groups is 1. The fraction of sp³-hybridized carbons (Fsp3) is 0.333. The Labute approximate surface area is 154 Å². The van der Waals surface area contributed by atoms with Crippen molar-refractivity contribution in [3.63, 3.8) is 0 Å². The molecule has 26 heavy (non-hydrogen) atoms. The van der Waals surface area contributed by atoms with Crippen LogP contribution >= 0.6 is 0 Å². The molecule has 140 valence electrons. The largest absolute Gasteiger partial charge is 0.491 e. The van der Waals surface area contributed by atoms with Crippen molar-refractivity contribution >= 4 is 21.6 Å². The van der Waals surface area contributed by atoms with Gasteiger partial charge in [0.1, 0.15) is 5.75 Å². The standard InChI is InChI=1S/C18H23N3O4S/c1-14(2)25-17-9-7-15(8-10-17)20-18(22)13-21(26(3,23)24)12-16-6-4-5-11-19-16/h4-11,14H,12-13H2,1-3H3,(H,20,22). The van der Waals surface area contributed by atoms with Crippen LogP contribution in [0.4, 0.5) is 5.69 Å². The van der Waals surface area contributed by atoms with Crippen LogP contribution in [0.15, 0.2) is 48.7 Å². The van der Waals surface area contributed by atoms with Crippen LogP contribution in [0.2, 0.25) is 0 Å². The highest BCUT2D eigenvalue weighted by molar-refractivity contribution is 7.88. The predicted octanol–water partition coefficient (Wildman–Crippen LogP) is 2.27. The van der Waals surface area contributed by atoms with Gasteiger partial charge in [-0.2, -0.15) is 4.31 Å². The molecule has 0 saturated heterocycles. The molecule has 0 unspecified atom stereocenters. The molecule has 1 N–H and O–H groups in total. The fourth-order valence-corrected chi connectivity index (χ4v) is 2.93. The molecule has 2 rings (SSSR count). The van der Waals surface area contributed by atoms with E-state index in [1.54, 1.807) is 48.7 Å². The average molecular weight is 377 g/mol. The van der Waals surface area contributed by atoms with E-state index in [-0.39, 0.29) is 19.2 Å². The van der Waals surface area contributed by atoms with Gasteiger partial charge in [-0.05, 0) is 50.2 Å². The van der Waals surface area contributed by atoms with Crippen molar-refractivity contribution < 1.29 is 17.9 Å². The molecule has 1 aromatic heterocycles. The van der Waals surface area contributed by atoms with Gasteiger partial charge in [0, 0.05) is 11.9 Å². The van der Waals surface area contributed by atoms with Gasteiger partial charge < -0.3 is 10.1 Å². The van der Waals surface area contributed by atoms with Gasteiger partial charge in [-0.15, -0.1) is 0 Å². The van der Waals surface area contributed by atoms with Crippen molar-refractivity contribution in [2.24, 2.45) is 0 Å². The molecule has 0 fully saturated rings. The zero-order valence-electron chi connectivity index (χ0n) is 15.0. The summed E-state index contributed by atoms with van der Waals surface area (Å²) in [5.41, 5.74) is 1.14. The van der Waals surface area contributed by atoms with E-state index in [4.69, 9.17) is 4.74 Å².